The first-order valence-electron chi connectivity index (χ1n) is 14.1. The molecule has 0 spiro atoms. The highest BCUT2D eigenvalue weighted by molar-refractivity contribution is 6.05. The lowest BCUT2D eigenvalue weighted by atomic mass is 10.1. The van der Waals surface area contributed by atoms with Crippen LogP contribution in [0.3, 0.4) is 0 Å². The van der Waals surface area contributed by atoms with Crippen LogP contribution >= 0.6 is 0 Å². The highest BCUT2D eigenvalue weighted by atomic mass is 16.3. The van der Waals surface area contributed by atoms with Crippen molar-refractivity contribution < 1.29 is 29.4 Å². The van der Waals surface area contributed by atoms with Gasteiger partial charge in [0, 0.05) is 38.3 Å². The summed E-state index contributed by atoms with van der Waals surface area (Å²) in [6.45, 7) is 4.39. The summed E-state index contributed by atoms with van der Waals surface area (Å²) >= 11 is 0. The van der Waals surface area contributed by atoms with Crippen molar-refractivity contribution in [1.29, 1.82) is 0 Å². The molecular weight excluding hydrogens is 568 g/mol. The van der Waals surface area contributed by atoms with Gasteiger partial charge >= 0.3 is 0 Å². The van der Waals surface area contributed by atoms with Gasteiger partial charge in [0.2, 0.25) is 0 Å². The lowest BCUT2D eigenvalue weighted by Gasteiger charge is -2.16. The van der Waals surface area contributed by atoms with E-state index in [9.17, 15) is 29.4 Å². The van der Waals surface area contributed by atoms with E-state index in [1.165, 1.54) is 55.0 Å². The van der Waals surface area contributed by atoms with Crippen LogP contribution in [-0.2, 0) is 0 Å². The zero-order chi connectivity index (χ0) is 31.9. The molecule has 4 amide bonds. The molecule has 4 bridgehead atoms. The Morgan fingerprint density at radius 2 is 1.16 bits per heavy atom. The largest absolute Gasteiger partial charge is 0.506 e. The van der Waals surface area contributed by atoms with E-state index in [1.54, 1.807) is 6.92 Å². The molecule has 0 saturated heterocycles. The minimum atomic E-state index is -0.562. The number of likely N-dealkylation sites (N-methyl/N-ethyl adjacent to an activating group) is 1. The fourth-order valence-corrected chi connectivity index (χ4v) is 4.06. The van der Waals surface area contributed by atoms with Gasteiger partial charge in [0.15, 0.2) is 0 Å². The van der Waals surface area contributed by atoms with E-state index >= 15 is 0 Å². The molecule has 1 atom stereocenters. The van der Waals surface area contributed by atoms with Gasteiger partial charge in [0.1, 0.15) is 11.5 Å². The molecule has 0 aliphatic carbocycles. The Morgan fingerprint density at radius 3 is 1.73 bits per heavy atom. The maximum atomic E-state index is 12.7. The summed E-state index contributed by atoms with van der Waals surface area (Å²) in [6.07, 6.45) is 4.57. The first-order valence-corrected chi connectivity index (χ1v) is 14.1. The summed E-state index contributed by atoms with van der Waals surface area (Å²) in [5, 5.41) is 31.9. The normalized spacial score (nSPS) is 18.9. The van der Waals surface area contributed by atoms with Crippen LogP contribution in [-0.4, -0.2) is 123 Å². The summed E-state index contributed by atoms with van der Waals surface area (Å²) in [7, 11) is 1.86. The van der Waals surface area contributed by atoms with E-state index < -0.39 is 41.2 Å². The van der Waals surface area contributed by atoms with Crippen LogP contribution in [0.15, 0.2) is 51.4 Å². The first kappa shape index (κ1) is 33.4. The van der Waals surface area contributed by atoms with Crippen molar-refractivity contribution in [2.75, 3.05) is 59.4 Å². The van der Waals surface area contributed by atoms with E-state index in [2.05, 4.69) is 36.2 Å². The van der Waals surface area contributed by atoms with Gasteiger partial charge in [0.05, 0.1) is 61.0 Å². The molecule has 2 aromatic carbocycles. The Morgan fingerprint density at radius 1 is 0.682 bits per heavy atom. The number of phenols is 2. The number of hydrogen-bond acceptors (Lipinski definition) is 10. The Labute approximate surface area is 255 Å². The number of amides is 4. The predicted molar refractivity (Wildman–Crippen MR) is 168 cm³/mol. The average molecular weight is 607 g/mol. The van der Waals surface area contributed by atoms with Crippen molar-refractivity contribution in [3.05, 3.63) is 58.7 Å². The number of aliphatic imine (C=N–C) groups is 3. The molecule has 14 nitrogen and oxygen atoms in total. The van der Waals surface area contributed by atoms with Crippen molar-refractivity contribution in [2.24, 2.45) is 15.0 Å². The van der Waals surface area contributed by atoms with Gasteiger partial charge in [-0.05, 0) is 38.2 Å². The van der Waals surface area contributed by atoms with Gasteiger partial charge in [-0.3, -0.25) is 34.2 Å². The third-order valence-corrected chi connectivity index (χ3v) is 6.45. The smallest absolute Gasteiger partial charge is 0.255 e. The molecule has 234 valence electrons. The van der Waals surface area contributed by atoms with Crippen LogP contribution in [0.2, 0.25) is 0 Å². The summed E-state index contributed by atoms with van der Waals surface area (Å²) in [5.41, 5.74) is -0.124. The molecule has 3 rings (SSSR count). The van der Waals surface area contributed by atoms with Crippen LogP contribution < -0.4 is 21.3 Å². The molecule has 1 heterocycles. The van der Waals surface area contributed by atoms with Gasteiger partial charge in [-0.2, -0.15) is 0 Å². The van der Waals surface area contributed by atoms with Crippen molar-refractivity contribution in [1.82, 2.24) is 26.2 Å². The van der Waals surface area contributed by atoms with Crippen molar-refractivity contribution >= 4 is 42.3 Å². The maximum Gasteiger partial charge on any atom is 0.255 e. The van der Waals surface area contributed by atoms with Gasteiger partial charge in [-0.15, -0.1) is 0 Å². The summed E-state index contributed by atoms with van der Waals surface area (Å²) < 4.78 is 0. The number of rotatable bonds is 0. The Hall–Kier alpha value is -5.11. The highest BCUT2D eigenvalue weighted by Crippen LogP contribution is 2.23. The molecule has 2 aromatic rings. The first-order chi connectivity index (χ1) is 21.2. The minimum Gasteiger partial charge on any atom is -0.506 e. The highest BCUT2D eigenvalue weighted by Gasteiger charge is 2.20. The molecular formula is C30H38N8O6. The van der Waals surface area contributed by atoms with Crippen molar-refractivity contribution in [3.8, 4) is 11.5 Å². The SMILES string of the molecule is C[C@@H]1C=NCCN=CCNC(=O)c2cccc(c2O)C(=O)NCC=NCCN(C)CCNC(=O)c2cccc(c2O)C(=O)N1. The molecule has 0 saturated carbocycles. The lowest BCUT2D eigenvalue weighted by molar-refractivity contribution is 0.0932. The summed E-state index contributed by atoms with van der Waals surface area (Å²) in [6, 6.07) is 8.27. The second-order valence-corrected chi connectivity index (χ2v) is 9.88. The molecule has 6 N–H and O–H groups in total. The Balaban J connectivity index is 1.68. The van der Waals surface area contributed by atoms with Crippen molar-refractivity contribution in [2.45, 2.75) is 13.0 Å². The molecule has 44 heavy (non-hydrogen) atoms. The molecule has 0 radical (unpaired) electrons. The number of para-hydroxylation sites is 2. The van der Waals surface area contributed by atoms with E-state index in [0.717, 1.165) is 0 Å². The topological polar surface area (TPSA) is 197 Å². The van der Waals surface area contributed by atoms with E-state index in [0.29, 0.717) is 39.3 Å². The molecule has 0 aromatic heterocycles. The summed E-state index contributed by atoms with van der Waals surface area (Å²) in [4.78, 5) is 65.2. The second-order valence-electron chi connectivity index (χ2n) is 9.88. The quantitative estimate of drug-likeness (QED) is 0.247. The molecule has 14 heteroatoms. The third-order valence-electron chi connectivity index (χ3n) is 6.45. The van der Waals surface area contributed by atoms with Crippen LogP contribution in [0.5, 0.6) is 11.5 Å². The fraction of sp³-hybridized carbons (Fsp3) is 0.367. The minimum absolute atomic E-state index is 0.0120. The van der Waals surface area contributed by atoms with Gasteiger partial charge < -0.3 is 36.4 Å². The van der Waals surface area contributed by atoms with Crippen LogP contribution in [0, 0.1) is 0 Å². The zero-order valence-corrected chi connectivity index (χ0v) is 24.7. The predicted octanol–water partition coefficient (Wildman–Crippen LogP) is 0.264. The van der Waals surface area contributed by atoms with Gasteiger partial charge in [-0.1, -0.05) is 12.1 Å². The average Bonchev–Trinajstić information content (AvgIpc) is 2.99. The molecule has 1 aliphatic rings. The van der Waals surface area contributed by atoms with E-state index in [1.807, 2.05) is 11.9 Å². The number of nitrogens with one attached hydrogen (secondary N) is 4. The number of fused-ring (bicyclic) bond motifs is 4. The Kier molecular flexibility index (Phi) is 13.0. The standard InChI is InChI=1S/C30H38N8O6/c1-20-19-33-10-9-31-11-13-34-27(41)21-5-3-6-22(25(21)39)28(42)35-14-12-32-15-17-38(2)18-16-36-29(43)23-7-4-8-24(26(23)40)30(44)37-20/h3-8,11-12,19-20,39-40H,9-10,13-18H2,1-2H3,(H,34,41)(H,35,42)(H,36,43)(H,37,44)/t20-/m1/s1. The van der Waals surface area contributed by atoms with Gasteiger partial charge in [-0.25, -0.2) is 0 Å². The van der Waals surface area contributed by atoms with E-state index in [-0.39, 0.29) is 35.3 Å². The number of carbonyl (C=O) groups excluding carboxylic acids is 4. The monoisotopic (exact) mass is 606 g/mol. The van der Waals surface area contributed by atoms with Crippen LogP contribution in [0.1, 0.15) is 48.4 Å². The number of phenolic OH excluding ortho intramolecular Hbond substituents is 2. The maximum absolute atomic E-state index is 12.7. The van der Waals surface area contributed by atoms with E-state index in [4.69, 9.17) is 0 Å². The molecule has 0 unspecified atom stereocenters. The van der Waals surface area contributed by atoms with Crippen LogP contribution in [0.4, 0.5) is 0 Å². The fourth-order valence-electron chi connectivity index (χ4n) is 4.06. The van der Waals surface area contributed by atoms with Crippen molar-refractivity contribution in [3.63, 3.8) is 0 Å². The number of hydrogen-bond donors (Lipinski definition) is 6. The molecule has 1 aliphatic heterocycles. The number of nitrogens with zero attached hydrogens (tertiary/aromatic N) is 4. The third kappa shape index (κ3) is 10.0. The second kappa shape index (κ2) is 17.1. The number of aromatic hydroxyl groups is 2. The zero-order valence-electron chi connectivity index (χ0n) is 24.7. The lowest BCUT2D eigenvalue weighted by Crippen LogP contribution is -2.35. The van der Waals surface area contributed by atoms with Gasteiger partial charge in [0.25, 0.3) is 23.6 Å². The summed E-state index contributed by atoms with van der Waals surface area (Å²) in [5.74, 6) is -3.02. The Bertz CT molecular complexity index is 1420. The number of carbonyl (C=O) groups is 4. The molecule has 0 fully saturated rings. The number of benzene rings is 2. The van der Waals surface area contributed by atoms with Crippen LogP contribution in [0.25, 0.3) is 0 Å².